The Morgan fingerprint density at radius 2 is 1.93 bits per heavy atom. The SMILES string of the molecule is NC(=O)c1cccc(-c2ccc3c(N)nc(N4CCOC5(CCCC5)C4)nc3n2)c1. The van der Waals surface area contributed by atoms with Gasteiger partial charge in [0.25, 0.3) is 0 Å². The van der Waals surface area contributed by atoms with E-state index in [-0.39, 0.29) is 5.60 Å². The molecule has 4 N–H and O–H groups in total. The molecule has 154 valence electrons. The summed E-state index contributed by atoms with van der Waals surface area (Å²) in [6.45, 7) is 2.17. The number of hydrogen-bond acceptors (Lipinski definition) is 7. The third kappa shape index (κ3) is 3.33. The van der Waals surface area contributed by atoms with Crippen LogP contribution in [-0.2, 0) is 4.74 Å². The first-order chi connectivity index (χ1) is 14.5. The van der Waals surface area contributed by atoms with Crippen molar-refractivity contribution in [3.63, 3.8) is 0 Å². The molecule has 30 heavy (non-hydrogen) atoms. The Hall–Kier alpha value is -3.26. The highest BCUT2D eigenvalue weighted by atomic mass is 16.5. The van der Waals surface area contributed by atoms with Crippen molar-refractivity contribution < 1.29 is 9.53 Å². The van der Waals surface area contributed by atoms with E-state index in [1.165, 1.54) is 12.8 Å². The molecule has 1 amide bonds. The molecule has 8 heteroatoms. The average Bonchev–Trinajstić information content (AvgIpc) is 3.20. The second-order valence-electron chi connectivity index (χ2n) is 8.08. The normalized spacial score (nSPS) is 18.2. The van der Waals surface area contributed by atoms with E-state index in [2.05, 4.69) is 9.88 Å². The number of primary amides is 1. The van der Waals surface area contributed by atoms with Gasteiger partial charge in [0.05, 0.1) is 23.3 Å². The molecule has 1 aromatic carbocycles. The van der Waals surface area contributed by atoms with Crippen molar-refractivity contribution >= 4 is 28.7 Å². The van der Waals surface area contributed by atoms with E-state index in [0.29, 0.717) is 40.7 Å². The van der Waals surface area contributed by atoms with Crippen molar-refractivity contribution in [2.24, 2.45) is 5.73 Å². The Bertz CT molecular complexity index is 1130. The predicted octanol–water partition coefficient (Wildman–Crippen LogP) is 2.52. The number of hydrogen-bond donors (Lipinski definition) is 2. The van der Waals surface area contributed by atoms with Gasteiger partial charge in [-0.1, -0.05) is 25.0 Å². The molecule has 1 saturated heterocycles. The summed E-state index contributed by atoms with van der Waals surface area (Å²) in [5.41, 5.74) is 14.0. The standard InChI is InChI=1S/C22H24N6O2/c23-18-16-6-7-17(14-4-3-5-15(12-14)19(24)29)25-20(16)27-21(26-18)28-10-11-30-22(13-28)8-1-2-9-22/h3-7,12H,1-2,8-11,13H2,(H2,24,29)(H2,23,25,26,27). The fourth-order valence-electron chi connectivity index (χ4n) is 4.49. The summed E-state index contributed by atoms with van der Waals surface area (Å²) >= 11 is 0. The molecule has 2 aromatic heterocycles. The molecule has 3 heterocycles. The lowest BCUT2D eigenvalue weighted by atomic mass is 10.00. The van der Waals surface area contributed by atoms with Gasteiger partial charge in [0.2, 0.25) is 11.9 Å². The molecule has 0 radical (unpaired) electrons. The summed E-state index contributed by atoms with van der Waals surface area (Å²) in [5, 5.41) is 0.706. The third-order valence-corrected chi connectivity index (χ3v) is 6.07. The number of pyridine rings is 1. The van der Waals surface area contributed by atoms with Crippen LogP contribution in [0.15, 0.2) is 36.4 Å². The molecule has 0 atom stereocenters. The van der Waals surface area contributed by atoms with Gasteiger partial charge >= 0.3 is 0 Å². The fraction of sp³-hybridized carbons (Fsp3) is 0.364. The molecule has 1 spiro atoms. The summed E-state index contributed by atoms with van der Waals surface area (Å²) in [4.78, 5) is 27.7. The molecule has 1 aliphatic carbocycles. The van der Waals surface area contributed by atoms with Crippen molar-refractivity contribution in [1.82, 2.24) is 15.0 Å². The lowest BCUT2D eigenvalue weighted by Gasteiger charge is -2.40. The first kappa shape index (κ1) is 18.7. The first-order valence-corrected chi connectivity index (χ1v) is 10.3. The Kier molecular flexibility index (Phi) is 4.51. The lowest BCUT2D eigenvalue weighted by molar-refractivity contribution is -0.0505. The van der Waals surface area contributed by atoms with Crippen LogP contribution in [0.2, 0.25) is 0 Å². The van der Waals surface area contributed by atoms with Crippen LogP contribution >= 0.6 is 0 Å². The smallest absolute Gasteiger partial charge is 0.248 e. The molecule has 5 rings (SSSR count). The average molecular weight is 404 g/mol. The maximum absolute atomic E-state index is 11.5. The van der Waals surface area contributed by atoms with E-state index < -0.39 is 5.91 Å². The van der Waals surface area contributed by atoms with Crippen LogP contribution in [0.1, 0.15) is 36.0 Å². The number of amides is 1. The molecular weight excluding hydrogens is 380 g/mol. The number of aromatic nitrogens is 3. The Balaban J connectivity index is 1.52. The van der Waals surface area contributed by atoms with Crippen molar-refractivity contribution in [3.05, 3.63) is 42.0 Å². The summed E-state index contributed by atoms with van der Waals surface area (Å²) in [7, 11) is 0. The molecular formula is C22H24N6O2. The molecule has 0 unspecified atom stereocenters. The van der Waals surface area contributed by atoms with E-state index >= 15 is 0 Å². The number of carbonyl (C=O) groups excluding carboxylic acids is 1. The highest BCUT2D eigenvalue weighted by Crippen LogP contribution is 2.37. The van der Waals surface area contributed by atoms with E-state index in [4.69, 9.17) is 26.2 Å². The largest absolute Gasteiger partial charge is 0.383 e. The van der Waals surface area contributed by atoms with Crippen molar-refractivity contribution in [1.29, 1.82) is 0 Å². The zero-order chi connectivity index (χ0) is 20.7. The Morgan fingerprint density at radius 3 is 2.73 bits per heavy atom. The Morgan fingerprint density at radius 1 is 1.10 bits per heavy atom. The summed E-state index contributed by atoms with van der Waals surface area (Å²) in [5.74, 6) is 0.525. The topological polar surface area (TPSA) is 120 Å². The molecule has 8 nitrogen and oxygen atoms in total. The fourth-order valence-corrected chi connectivity index (χ4v) is 4.49. The summed E-state index contributed by atoms with van der Waals surface area (Å²) in [6, 6.07) is 10.8. The molecule has 0 bridgehead atoms. The van der Waals surface area contributed by atoms with Crippen LogP contribution in [0, 0.1) is 0 Å². The number of ether oxygens (including phenoxy) is 1. The number of morpholine rings is 1. The quantitative estimate of drug-likeness (QED) is 0.688. The van der Waals surface area contributed by atoms with Gasteiger partial charge in [-0.15, -0.1) is 0 Å². The third-order valence-electron chi connectivity index (χ3n) is 6.07. The molecule has 2 fully saturated rings. The number of rotatable bonds is 3. The monoisotopic (exact) mass is 404 g/mol. The number of fused-ring (bicyclic) bond motifs is 1. The maximum Gasteiger partial charge on any atom is 0.248 e. The van der Waals surface area contributed by atoms with Crippen LogP contribution in [0.3, 0.4) is 0 Å². The van der Waals surface area contributed by atoms with Gasteiger partial charge in [0, 0.05) is 24.2 Å². The van der Waals surface area contributed by atoms with Gasteiger partial charge in [0.15, 0.2) is 5.65 Å². The first-order valence-electron chi connectivity index (χ1n) is 10.3. The van der Waals surface area contributed by atoms with Gasteiger partial charge in [-0.25, -0.2) is 4.98 Å². The number of nitrogens with two attached hydrogens (primary N) is 2. The van der Waals surface area contributed by atoms with E-state index in [0.717, 1.165) is 31.5 Å². The minimum atomic E-state index is -0.473. The van der Waals surface area contributed by atoms with E-state index in [9.17, 15) is 4.79 Å². The van der Waals surface area contributed by atoms with Crippen LogP contribution in [0.4, 0.5) is 11.8 Å². The maximum atomic E-state index is 11.5. The van der Waals surface area contributed by atoms with E-state index in [1.54, 1.807) is 18.2 Å². The lowest BCUT2D eigenvalue weighted by Crippen LogP contribution is -2.51. The molecule has 3 aromatic rings. The van der Waals surface area contributed by atoms with Gasteiger partial charge in [-0.3, -0.25) is 4.79 Å². The van der Waals surface area contributed by atoms with Crippen LogP contribution in [0.5, 0.6) is 0 Å². The van der Waals surface area contributed by atoms with Crippen molar-refractivity contribution in [2.45, 2.75) is 31.3 Å². The number of carbonyl (C=O) groups is 1. The van der Waals surface area contributed by atoms with Crippen LogP contribution in [-0.4, -0.2) is 46.2 Å². The zero-order valence-electron chi connectivity index (χ0n) is 16.7. The number of nitrogens with zero attached hydrogens (tertiary/aromatic N) is 4. The highest BCUT2D eigenvalue weighted by molar-refractivity contribution is 5.94. The van der Waals surface area contributed by atoms with Gasteiger partial charge in [-0.05, 0) is 37.1 Å². The summed E-state index contributed by atoms with van der Waals surface area (Å²) < 4.78 is 6.12. The Labute approximate surface area is 174 Å². The van der Waals surface area contributed by atoms with Crippen molar-refractivity contribution in [3.8, 4) is 11.3 Å². The van der Waals surface area contributed by atoms with Crippen LogP contribution in [0.25, 0.3) is 22.3 Å². The van der Waals surface area contributed by atoms with Gasteiger partial charge in [-0.2, -0.15) is 9.97 Å². The number of benzene rings is 1. The number of nitrogen functional groups attached to an aromatic ring is 1. The zero-order valence-corrected chi connectivity index (χ0v) is 16.7. The minimum Gasteiger partial charge on any atom is -0.383 e. The van der Waals surface area contributed by atoms with Gasteiger partial charge in [0.1, 0.15) is 5.82 Å². The molecule has 2 aliphatic rings. The second kappa shape index (κ2) is 7.21. The molecule has 1 saturated carbocycles. The molecule has 1 aliphatic heterocycles. The number of anilines is 2. The van der Waals surface area contributed by atoms with E-state index in [1.807, 2.05) is 18.2 Å². The highest BCUT2D eigenvalue weighted by Gasteiger charge is 2.40. The van der Waals surface area contributed by atoms with Gasteiger partial charge < -0.3 is 21.1 Å². The van der Waals surface area contributed by atoms with Crippen molar-refractivity contribution in [2.75, 3.05) is 30.3 Å². The predicted molar refractivity (Wildman–Crippen MR) is 115 cm³/mol. The minimum absolute atomic E-state index is 0.0875. The summed E-state index contributed by atoms with van der Waals surface area (Å²) in [6.07, 6.45) is 4.55. The van der Waals surface area contributed by atoms with Crippen LogP contribution < -0.4 is 16.4 Å². The second-order valence-corrected chi connectivity index (χ2v) is 8.08.